The fourth-order valence-corrected chi connectivity index (χ4v) is 2.06. The van der Waals surface area contributed by atoms with Crippen molar-refractivity contribution in [2.75, 3.05) is 11.4 Å². The number of benzene rings is 1. The van der Waals surface area contributed by atoms with Crippen LogP contribution >= 0.6 is 0 Å². The summed E-state index contributed by atoms with van der Waals surface area (Å²) in [6, 6.07) is 11.6. The van der Waals surface area contributed by atoms with Crippen molar-refractivity contribution in [3.63, 3.8) is 0 Å². The number of amidine groups is 1. The van der Waals surface area contributed by atoms with Crippen molar-refractivity contribution in [1.29, 1.82) is 0 Å². The van der Waals surface area contributed by atoms with Crippen LogP contribution in [0, 0.1) is 0 Å². The predicted octanol–water partition coefficient (Wildman–Crippen LogP) is 2.51. The van der Waals surface area contributed by atoms with Crippen molar-refractivity contribution in [3.8, 4) is 0 Å². The molecule has 1 heterocycles. The lowest BCUT2D eigenvalue weighted by molar-refractivity contribution is 0.318. The molecule has 21 heavy (non-hydrogen) atoms. The highest BCUT2D eigenvalue weighted by atomic mass is 16.4. The van der Waals surface area contributed by atoms with Crippen LogP contribution in [0.2, 0.25) is 0 Å². The Labute approximate surface area is 123 Å². The van der Waals surface area contributed by atoms with E-state index < -0.39 is 0 Å². The highest BCUT2D eigenvalue weighted by Crippen LogP contribution is 2.26. The fraction of sp³-hybridized carbons (Fsp3) is 0.267. The summed E-state index contributed by atoms with van der Waals surface area (Å²) in [4.78, 5) is 2.03. The van der Waals surface area contributed by atoms with E-state index in [0.717, 1.165) is 25.1 Å². The van der Waals surface area contributed by atoms with E-state index in [1.807, 2.05) is 35.2 Å². The highest BCUT2D eigenvalue weighted by Gasteiger charge is 2.17. The van der Waals surface area contributed by atoms with Crippen LogP contribution in [0.25, 0.3) is 0 Å². The third-order valence-electron chi connectivity index (χ3n) is 3.14. The average Bonchev–Trinajstić information content (AvgIpc) is 2.56. The molecule has 0 fully saturated rings. The molecule has 0 amide bonds. The van der Waals surface area contributed by atoms with E-state index in [1.54, 1.807) is 6.07 Å². The summed E-state index contributed by atoms with van der Waals surface area (Å²) in [6.45, 7) is 2.91. The lowest BCUT2D eigenvalue weighted by Gasteiger charge is -2.25. The van der Waals surface area contributed by atoms with Crippen molar-refractivity contribution in [3.05, 3.63) is 48.2 Å². The second-order valence-corrected chi connectivity index (χ2v) is 4.59. The minimum atomic E-state index is 0.0253. The van der Waals surface area contributed by atoms with Gasteiger partial charge in [0, 0.05) is 12.2 Å². The fourth-order valence-electron chi connectivity index (χ4n) is 2.06. The molecule has 0 aliphatic heterocycles. The molecule has 0 aliphatic carbocycles. The van der Waals surface area contributed by atoms with E-state index in [2.05, 4.69) is 22.3 Å². The lowest BCUT2D eigenvalue weighted by Crippen LogP contribution is -2.25. The molecule has 0 unspecified atom stereocenters. The number of aromatic nitrogens is 2. The Morgan fingerprint density at radius 3 is 2.71 bits per heavy atom. The molecule has 0 bridgehead atoms. The van der Waals surface area contributed by atoms with Gasteiger partial charge in [-0.15, -0.1) is 5.10 Å². The minimum absolute atomic E-state index is 0.0253. The summed E-state index contributed by atoms with van der Waals surface area (Å²) in [5, 5.41) is 20.1. The smallest absolute Gasteiger partial charge is 0.173 e. The summed E-state index contributed by atoms with van der Waals surface area (Å²) in [7, 11) is 0. The van der Waals surface area contributed by atoms with Crippen LogP contribution in [-0.4, -0.2) is 27.8 Å². The number of anilines is 2. The third kappa shape index (κ3) is 3.47. The van der Waals surface area contributed by atoms with Gasteiger partial charge in [-0.3, -0.25) is 0 Å². The molecule has 2 rings (SSSR count). The Kier molecular flexibility index (Phi) is 5.09. The van der Waals surface area contributed by atoms with Gasteiger partial charge in [0.25, 0.3) is 0 Å². The second kappa shape index (κ2) is 7.23. The summed E-state index contributed by atoms with van der Waals surface area (Å²) in [6.07, 6.45) is 3.59. The van der Waals surface area contributed by atoms with Gasteiger partial charge in [-0.1, -0.05) is 36.7 Å². The third-order valence-corrected chi connectivity index (χ3v) is 3.14. The molecule has 0 radical (unpaired) electrons. The van der Waals surface area contributed by atoms with Gasteiger partial charge in [-0.25, -0.2) is 0 Å². The Morgan fingerprint density at radius 2 is 2.05 bits per heavy atom. The van der Waals surface area contributed by atoms with Crippen molar-refractivity contribution < 1.29 is 5.21 Å². The van der Waals surface area contributed by atoms with Gasteiger partial charge >= 0.3 is 0 Å². The zero-order chi connectivity index (χ0) is 15.1. The largest absolute Gasteiger partial charge is 0.409 e. The first-order valence-electron chi connectivity index (χ1n) is 6.90. The van der Waals surface area contributed by atoms with Crippen LogP contribution in [0.1, 0.15) is 25.3 Å². The van der Waals surface area contributed by atoms with Gasteiger partial charge in [0.1, 0.15) is 0 Å². The average molecular weight is 285 g/mol. The van der Waals surface area contributed by atoms with Crippen molar-refractivity contribution in [2.24, 2.45) is 10.9 Å². The monoisotopic (exact) mass is 285 g/mol. The van der Waals surface area contributed by atoms with Gasteiger partial charge in [0.15, 0.2) is 11.7 Å². The van der Waals surface area contributed by atoms with E-state index in [-0.39, 0.29) is 5.84 Å². The first kappa shape index (κ1) is 14.8. The molecule has 0 aliphatic rings. The molecule has 1 aromatic heterocycles. The zero-order valence-corrected chi connectivity index (χ0v) is 12.0. The Morgan fingerprint density at radius 1 is 1.29 bits per heavy atom. The molecule has 6 heteroatoms. The minimum Gasteiger partial charge on any atom is -0.409 e. The molecular weight excluding hydrogens is 266 g/mol. The first-order valence-corrected chi connectivity index (χ1v) is 6.90. The second-order valence-electron chi connectivity index (χ2n) is 4.59. The molecule has 0 saturated heterocycles. The van der Waals surface area contributed by atoms with E-state index in [4.69, 9.17) is 10.9 Å². The maximum Gasteiger partial charge on any atom is 0.173 e. The molecule has 110 valence electrons. The van der Waals surface area contributed by atoms with Crippen LogP contribution in [0.15, 0.2) is 47.8 Å². The topological polar surface area (TPSA) is 87.6 Å². The van der Waals surface area contributed by atoms with Crippen molar-refractivity contribution in [2.45, 2.75) is 19.8 Å². The van der Waals surface area contributed by atoms with Gasteiger partial charge in [0.05, 0.1) is 11.8 Å². The first-order chi connectivity index (χ1) is 10.3. The molecular formula is C15H19N5O. The quantitative estimate of drug-likeness (QED) is 0.368. The SMILES string of the molecule is CCCCN(c1ccccc1)c1nnccc1/C(N)=N/O. The molecule has 6 nitrogen and oxygen atoms in total. The number of rotatable bonds is 6. The van der Waals surface area contributed by atoms with E-state index in [9.17, 15) is 0 Å². The number of hydrogen-bond acceptors (Lipinski definition) is 5. The summed E-state index contributed by atoms with van der Waals surface area (Å²) in [5.41, 5.74) is 7.31. The Balaban J connectivity index is 2.47. The molecule has 3 N–H and O–H groups in total. The number of para-hydroxylation sites is 1. The van der Waals surface area contributed by atoms with E-state index in [0.29, 0.717) is 11.4 Å². The molecule has 0 spiro atoms. The number of unbranched alkanes of at least 4 members (excludes halogenated alkanes) is 1. The number of nitrogens with zero attached hydrogens (tertiary/aromatic N) is 4. The zero-order valence-electron chi connectivity index (χ0n) is 12.0. The van der Waals surface area contributed by atoms with Crippen LogP contribution in [0.5, 0.6) is 0 Å². The van der Waals surface area contributed by atoms with E-state index >= 15 is 0 Å². The summed E-state index contributed by atoms with van der Waals surface area (Å²) in [5.74, 6) is 0.616. The van der Waals surface area contributed by atoms with Crippen LogP contribution < -0.4 is 10.6 Å². The Bertz CT molecular complexity index is 600. The number of nitrogens with two attached hydrogens (primary N) is 1. The van der Waals surface area contributed by atoms with Gasteiger partial charge in [0.2, 0.25) is 0 Å². The van der Waals surface area contributed by atoms with Crippen LogP contribution in [-0.2, 0) is 0 Å². The molecule has 0 saturated carbocycles. The van der Waals surface area contributed by atoms with Gasteiger partial charge in [-0.2, -0.15) is 5.10 Å². The maximum atomic E-state index is 8.94. The van der Waals surface area contributed by atoms with E-state index in [1.165, 1.54) is 6.20 Å². The maximum absolute atomic E-state index is 8.94. The molecule has 2 aromatic rings. The van der Waals surface area contributed by atoms with Crippen molar-refractivity contribution >= 4 is 17.3 Å². The van der Waals surface area contributed by atoms with Crippen molar-refractivity contribution in [1.82, 2.24) is 10.2 Å². The highest BCUT2D eigenvalue weighted by molar-refractivity contribution is 6.01. The van der Waals surface area contributed by atoms with Gasteiger partial charge in [-0.05, 0) is 24.6 Å². The number of oxime groups is 1. The van der Waals surface area contributed by atoms with Gasteiger partial charge < -0.3 is 15.8 Å². The normalized spacial score (nSPS) is 11.4. The summed E-state index contributed by atoms with van der Waals surface area (Å²) < 4.78 is 0. The molecule has 1 aromatic carbocycles. The number of hydrogen-bond donors (Lipinski definition) is 2. The Hall–Kier alpha value is -2.63. The van der Waals surface area contributed by atoms with Crippen LogP contribution in [0.4, 0.5) is 11.5 Å². The lowest BCUT2D eigenvalue weighted by atomic mass is 10.2. The van der Waals surface area contributed by atoms with Crippen LogP contribution in [0.3, 0.4) is 0 Å². The summed E-state index contributed by atoms with van der Waals surface area (Å²) >= 11 is 0. The predicted molar refractivity (Wildman–Crippen MR) is 82.9 cm³/mol. The molecule has 0 atom stereocenters. The standard InChI is InChI=1S/C15H19N5O/c1-2-3-11-20(12-7-5-4-6-8-12)15-13(14(16)19-21)9-10-17-18-15/h4-10,21H,2-3,11H2,1H3,(H2,16,19).